The van der Waals surface area contributed by atoms with Crippen molar-refractivity contribution in [2.45, 2.75) is 6.18 Å². The molecule has 2 rings (SSSR count). The van der Waals surface area contributed by atoms with Crippen LogP contribution in [-0.2, 0) is 13.2 Å². The van der Waals surface area contributed by atoms with Crippen molar-refractivity contribution >= 4 is 5.78 Å². The van der Waals surface area contributed by atoms with Gasteiger partial charge in [-0.05, 0) is 6.07 Å². The predicted octanol–water partition coefficient (Wildman–Crippen LogP) is 3.36. The molecular weight excluding hydrogens is 307 g/mol. The van der Waals surface area contributed by atoms with Gasteiger partial charge in [-0.2, -0.15) is 18.3 Å². The number of hydrogen-bond acceptors (Lipinski definition) is 3. The summed E-state index contributed by atoms with van der Waals surface area (Å²) in [6, 6.07) is 7.29. The van der Waals surface area contributed by atoms with E-state index >= 15 is 0 Å². The normalized spacial score (nSPS) is 11.9. The first-order chi connectivity index (χ1) is 10.7. The molecule has 1 heterocycles. The molecule has 0 amide bonds. The second kappa shape index (κ2) is 6.28. The molecule has 4 nitrogen and oxygen atoms in total. The van der Waals surface area contributed by atoms with Crippen LogP contribution in [0, 0.1) is 0 Å². The van der Waals surface area contributed by atoms with Crippen LogP contribution in [0.25, 0.3) is 11.3 Å². The Bertz CT molecular complexity index is 728. The van der Waals surface area contributed by atoms with Gasteiger partial charge in [0.25, 0.3) is 0 Å². The lowest BCUT2D eigenvalue weighted by atomic mass is 10.1. The predicted molar refractivity (Wildman–Crippen MR) is 80.8 cm³/mol. The molecule has 0 aliphatic rings. The molecule has 0 saturated heterocycles. The van der Waals surface area contributed by atoms with E-state index in [0.717, 1.165) is 10.7 Å². The summed E-state index contributed by atoms with van der Waals surface area (Å²) < 4.78 is 39.1. The maximum atomic E-state index is 12.8. The summed E-state index contributed by atoms with van der Waals surface area (Å²) >= 11 is 0. The largest absolute Gasteiger partial charge is 0.433 e. The molecule has 23 heavy (non-hydrogen) atoms. The third-order valence-corrected chi connectivity index (χ3v) is 3.16. The van der Waals surface area contributed by atoms with Crippen molar-refractivity contribution < 1.29 is 18.0 Å². The van der Waals surface area contributed by atoms with Crippen LogP contribution in [0.2, 0.25) is 0 Å². The van der Waals surface area contributed by atoms with Crippen molar-refractivity contribution in [3.05, 3.63) is 53.9 Å². The van der Waals surface area contributed by atoms with Crippen LogP contribution in [0.3, 0.4) is 0 Å². The summed E-state index contributed by atoms with van der Waals surface area (Å²) in [5.74, 6) is -0.178. The molecule has 0 radical (unpaired) electrons. The average Bonchev–Trinajstić information content (AvgIpc) is 2.87. The molecule has 122 valence electrons. The topological polar surface area (TPSA) is 38.1 Å². The van der Waals surface area contributed by atoms with Gasteiger partial charge in [0, 0.05) is 44.5 Å². The van der Waals surface area contributed by atoms with Crippen molar-refractivity contribution in [3.63, 3.8) is 0 Å². The van der Waals surface area contributed by atoms with Crippen LogP contribution in [0.15, 0.2) is 42.6 Å². The number of rotatable bonds is 4. The number of carbonyl (C=O) groups excluding carboxylic acids is 1. The number of alkyl halides is 3. The van der Waals surface area contributed by atoms with Crippen molar-refractivity contribution in [2.75, 3.05) is 14.1 Å². The second-order valence-corrected chi connectivity index (χ2v) is 5.26. The second-order valence-electron chi connectivity index (χ2n) is 5.26. The Labute approximate surface area is 131 Å². The number of halogens is 3. The number of carbonyl (C=O) groups is 1. The van der Waals surface area contributed by atoms with Gasteiger partial charge in [0.05, 0.1) is 5.69 Å². The highest BCUT2D eigenvalue weighted by Crippen LogP contribution is 2.31. The Balaban J connectivity index is 2.25. The Morgan fingerprint density at radius 3 is 2.30 bits per heavy atom. The molecule has 0 spiro atoms. The highest BCUT2D eigenvalue weighted by Gasteiger charge is 2.35. The SMILES string of the molecule is CN(C)/C=C/C(=O)c1ccc(-c2cc(C(F)(F)F)n(C)n2)cc1. The Hall–Kier alpha value is -2.57. The van der Waals surface area contributed by atoms with Gasteiger partial charge >= 0.3 is 6.18 Å². The molecule has 1 aromatic heterocycles. The summed E-state index contributed by atoms with van der Waals surface area (Å²) in [6.07, 6.45) is -1.39. The van der Waals surface area contributed by atoms with E-state index < -0.39 is 11.9 Å². The molecule has 0 bridgehead atoms. The van der Waals surface area contributed by atoms with Crippen molar-refractivity contribution in [1.82, 2.24) is 14.7 Å². The number of benzene rings is 1. The Kier molecular flexibility index (Phi) is 4.58. The maximum Gasteiger partial charge on any atom is 0.433 e. The fourth-order valence-electron chi connectivity index (χ4n) is 1.99. The summed E-state index contributed by atoms with van der Waals surface area (Å²) in [4.78, 5) is 13.6. The summed E-state index contributed by atoms with van der Waals surface area (Å²) in [6.45, 7) is 0. The zero-order chi connectivity index (χ0) is 17.2. The van der Waals surface area contributed by atoms with E-state index in [2.05, 4.69) is 5.10 Å². The van der Waals surface area contributed by atoms with E-state index in [9.17, 15) is 18.0 Å². The van der Waals surface area contributed by atoms with Gasteiger partial charge < -0.3 is 4.90 Å². The van der Waals surface area contributed by atoms with Crippen LogP contribution in [0.4, 0.5) is 13.2 Å². The molecule has 0 aliphatic heterocycles. The van der Waals surface area contributed by atoms with Gasteiger partial charge in [-0.1, -0.05) is 24.3 Å². The number of hydrogen-bond donors (Lipinski definition) is 0. The molecule has 0 atom stereocenters. The first-order valence-corrected chi connectivity index (χ1v) is 6.79. The van der Waals surface area contributed by atoms with Crippen molar-refractivity contribution in [1.29, 1.82) is 0 Å². The molecule has 0 fully saturated rings. The fraction of sp³-hybridized carbons (Fsp3) is 0.250. The quantitative estimate of drug-likeness (QED) is 0.640. The standard InChI is InChI=1S/C16H16F3N3O/c1-21(2)9-8-14(23)12-6-4-11(5-7-12)13-10-15(16(17,18)19)22(3)20-13/h4-10H,1-3H3/b9-8+. The maximum absolute atomic E-state index is 12.8. The van der Waals surface area contributed by atoms with Crippen molar-refractivity contribution in [2.24, 2.45) is 7.05 Å². The lowest BCUT2D eigenvalue weighted by Gasteiger charge is -2.04. The zero-order valence-electron chi connectivity index (χ0n) is 12.9. The minimum Gasteiger partial charge on any atom is -0.383 e. The minimum absolute atomic E-state index is 0.178. The van der Waals surface area contributed by atoms with Gasteiger partial charge in [-0.15, -0.1) is 0 Å². The highest BCUT2D eigenvalue weighted by atomic mass is 19.4. The van der Waals surface area contributed by atoms with Crippen LogP contribution in [0.1, 0.15) is 16.1 Å². The third-order valence-electron chi connectivity index (χ3n) is 3.16. The van der Waals surface area contributed by atoms with Crippen LogP contribution >= 0.6 is 0 Å². The minimum atomic E-state index is -4.45. The van der Waals surface area contributed by atoms with Crippen molar-refractivity contribution in [3.8, 4) is 11.3 Å². The zero-order valence-corrected chi connectivity index (χ0v) is 12.9. The van der Waals surface area contributed by atoms with Crippen LogP contribution in [0.5, 0.6) is 0 Å². The summed E-state index contributed by atoms with van der Waals surface area (Å²) in [5.41, 5.74) is 0.368. The van der Waals surface area contributed by atoms with Gasteiger partial charge in [0.1, 0.15) is 5.69 Å². The van der Waals surface area contributed by atoms with E-state index in [4.69, 9.17) is 0 Å². The number of nitrogens with zero attached hydrogens (tertiary/aromatic N) is 3. The van der Waals surface area contributed by atoms with E-state index in [1.54, 1.807) is 49.5 Å². The monoisotopic (exact) mass is 323 g/mol. The fourth-order valence-corrected chi connectivity index (χ4v) is 1.99. The van der Waals surface area contributed by atoms with Crippen LogP contribution in [-0.4, -0.2) is 34.6 Å². The Morgan fingerprint density at radius 2 is 1.83 bits per heavy atom. The third kappa shape index (κ3) is 4.00. The molecule has 0 aliphatic carbocycles. The summed E-state index contributed by atoms with van der Waals surface area (Å²) in [7, 11) is 4.84. The molecule has 7 heteroatoms. The van der Waals surface area contributed by atoms with E-state index in [0.29, 0.717) is 11.1 Å². The molecular formula is C16H16F3N3O. The lowest BCUT2D eigenvalue weighted by Crippen LogP contribution is -2.11. The Morgan fingerprint density at radius 1 is 1.22 bits per heavy atom. The number of aryl methyl sites for hydroxylation is 1. The van der Waals surface area contributed by atoms with Gasteiger partial charge in [0.15, 0.2) is 5.78 Å². The number of aromatic nitrogens is 2. The van der Waals surface area contributed by atoms with Gasteiger partial charge in [0.2, 0.25) is 0 Å². The number of ketones is 1. The molecule has 0 saturated carbocycles. The first kappa shape index (κ1) is 16.8. The summed E-state index contributed by atoms with van der Waals surface area (Å²) in [5, 5.41) is 3.87. The molecule has 0 unspecified atom stereocenters. The van der Waals surface area contributed by atoms with Gasteiger partial charge in [-0.3, -0.25) is 9.48 Å². The van der Waals surface area contributed by atoms with E-state index in [1.807, 2.05) is 0 Å². The average molecular weight is 323 g/mol. The number of allylic oxidation sites excluding steroid dienone is 1. The smallest absolute Gasteiger partial charge is 0.383 e. The van der Waals surface area contributed by atoms with E-state index in [-0.39, 0.29) is 11.5 Å². The molecule has 1 aromatic carbocycles. The van der Waals surface area contributed by atoms with Crippen LogP contribution < -0.4 is 0 Å². The van der Waals surface area contributed by atoms with Gasteiger partial charge in [-0.25, -0.2) is 0 Å². The van der Waals surface area contributed by atoms with E-state index in [1.165, 1.54) is 13.1 Å². The first-order valence-electron chi connectivity index (χ1n) is 6.79. The molecule has 2 aromatic rings. The molecule has 0 N–H and O–H groups in total. The highest BCUT2D eigenvalue weighted by molar-refractivity contribution is 6.04. The lowest BCUT2D eigenvalue weighted by molar-refractivity contribution is -0.143.